The molecule has 1 unspecified atom stereocenters. The molecule has 0 spiro atoms. The highest BCUT2D eigenvalue weighted by Crippen LogP contribution is 2.24. The Morgan fingerprint density at radius 3 is 2.48 bits per heavy atom. The van der Waals surface area contributed by atoms with Gasteiger partial charge in [-0.25, -0.2) is 4.79 Å². The van der Waals surface area contributed by atoms with E-state index in [1.807, 2.05) is 27.7 Å². The van der Waals surface area contributed by atoms with Crippen LogP contribution in [0.15, 0.2) is 0 Å². The van der Waals surface area contributed by atoms with E-state index >= 15 is 0 Å². The Kier molecular flexibility index (Phi) is 7.46. The molecule has 0 saturated heterocycles. The Balaban J connectivity index is 2.26. The molecule has 1 aliphatic carbocycles. The van der Waals surface area contributed by atoms with Gasteiger partial charge in [-0.2, -0.15) is 0 Å². The van der Waals surface area contributed by atoms with Crippen LogP contribution in [0.2, 0.25) is 0 Å². The predicted octanol–water partition coefficient (Wildman–Crippen LogP) is 2.84. The molecule has 0 aromatic heterocycles. The third kappa shape index (κ3) is 7.67. The molecule has 1 aliphatic rings. The number of ether oxygens (including phenoxy) is 2. The van der Waals surface area contributed by atoms with E-state index < -0.39 is 5.60 Å². The molecule has 21 heavy (non-hydrogen) atoms. The highest BCUT2D eigenvalue weighted by atomic mass is 16.6. The van der Waals surface area contributed by atoms with Crippen molar-refractivity contribution in [3.63, 3.8) is 0 Å². The minimum Gasteiger partial charge on any atom is -0.444 e. The van der Waals surface area contributed by atoms with Gasteiger partial charge >= 0.3 is 6.09 Å². The summed E-state index contributed by atoms with van der Waals surface area (Å²) in [6, 6.07) is 0.814. The maximum atomic E-state index is 11.7. The number of rotatable bonds is 8. The molecule has 0 heterocycles. The number of nitrogens with one attached hydrogen (secondary N) is 2. The van der Waals surface area contributed by atoms with Crippen LogP contribution in [0.1, 0.15) is 60.3 Å². The van der Waals surface area contributed by atoms with Gasteiger partial charge in [-0.05, 0) is 47.0 Å². The lowest BCUT2D eigenvalue weighted by Gasteiger charge is -2.38. The Labute approximate surface area is 129 Å². The number of carbonyl (C=O) groups is 1. The first-order chi connectivity index (χ1) is 9.84. The minimum absolute atomic E-state index is 0.301. The second-order valence-corrected chi connectivity index (χ2v) is 6.78. The SMILES string of the molecule is CCCC(CNC(=O)OC(C)(C)C)NC1CC(OCC)C1. The first kappa shape index (κ1) is 18.2. The quantitative estimate of drug-likeness (QED) is 0.723. The molecule has 5 nitrogen and oxygen atoms in total. The Morgan fingerprint density at radius 1 is 1.29 bits per heavy atom. The van der Waals surface area contributed by atoms with E-state index in [9.17, 15) is 4.79 Å². The van der Waals surface area contributed by atoms with Crippen LogP contribution in [-0.4, -0.2) is 43.0 Å². The van der Waals surface area contributed by atoms with Crippen molar-refractivity contribution in [2.75, 3.05) is 13.2 Å². The van der Waals surface area contributed by atoms with E-state index in [0.717, 1.165) is 32.3 Å². The third-order valence-electron chi connectivity index (χ3n) is 3.50. The van der Waals surface area contributed by atoms with Gasteiger partial charge in [0.15, 0.2) is 0 Å². The van der Waals surface area contributed by atoms with Crippen molar-refractivity contribution in [3.05, 3.63) is 0 Å². The van der Waals surface area contributed by atoms with Gasteiger partial charge in [0.1, 0.15) is 5.60 Å². The van der Waals surface area contributed by atoms with Crippen LogP contribution >= 0.6 is 0 Å². The fourth-order valence-electron chi connectivity index (χ4n) is 2.52. The molecule has 0 aromatic carbocycles. The zero-order valence-corrected chi connectivity index (χ0v) is 14.2. The molecule has 124 valence electrons. The van der Waals surface area contributed by atoms with Crippen molar-refractivity contribution in [2.24, 2.45) is 0 Å². The lowest BCUT2D eigenvalue weighted by atomic mass is 9.88. The van der Waals surface area contributed by atoms with Crippen LogP contribution in [0.25, 0.3) is 0 Å². The van der Waals surface area contributed by atoms with Gasteiger partial charge in [-0.3, -0.25) is 0 Å². The molecule has 0 aliphatic heterocycles. The molecule has 1 atom stereocenters. The number of amides is 1. The topological polar surface area (TPSA) is 59.6 Å². The van der Waals surface area contributed by atoms with E-state index in [1.165, 1.54) is 0 Å². The fourth-order valence-corrected chi connectivity index (χ4v) is 2.52. The third-order valence-corrected chi connectivity index (χ3v) is 3.50. The summed E-state index contributed by atoms with van der Waals surface area (Å²) in [5.41, 5.74) is -0.448. The summed E-state index contributed by atoms with van der Waals surface area (Å²) in [4.78, 5) is 11.7. The summed E-state index contributed by atoms with van der Waals surface area (Å²) in [7, 11) is 0. The standard InChI is InChI=1S/C16H32N2O3/c1-6-8-12(11-17-15(19)21-16(3,4)5)18-13-9-14(10-13)20-7-2/h12-14,18H,6-11H2,1-5H3,(H,17,19). The van der Waals surface area contributed by atoms with E-state index in [-0.39, 0.29) is 6.09 Å². The van der Waals surface area contributed by atoms with E-state index in [1.54, 1.807) is 0 Å². The summed E-state index contributed by atoms with van der Waals surface area (Å²) in [5, 5.41) is 6.47. The lowest BCUT2D eigenvalue weighted by molar-refractivity contribution is -0.0127. The van der Waals surface area contributed by atoms with Crippen LogP contribution in [0.3, 0.4) is 0 Å². The Bertz CT molecular complexity index is 309. The summed E-state index contributed by atoms with van der Waals surface area (Å²) in [6.07, 6.45) is 4.35. The summed E-state index contributed by atoms with van der Waals surface area (Å²) < 4.78 is 10.8. The highest BCUT2D eigenvalue weighted by molar-refractivity contribution is 5.67. The van der Waals surface area contributed by atoms with Crippen LogP contribution < -0.4 is 10.6 Å². The summed E-state index contributed by atoms with van der Waals surface area (Å²) in [6.45, 7) is 11.2. The van der Waals surface area contributed by atoms with Gasteiger partial charge in [0, 0.05) is 25.2 Å². The summed E-state index contributed by atoms with van der Waals surface area (Å²) in [5.74, 6) is 0. The lowest BCUT2D eigenvalue weighted by Crippen LogP contribution is -2.52. The van der Waals surface area contributed by atoms with Gasteiger partial charge in [-0.15, -0.1) is 0 Å². The molecule has 1 rings (SSSR count). The van der Waals surface area contributed by atoms with E-state index in [4.69, 9.17) is 9.47 Å². The van der Waals surface area contributed by atoms with Crippen molar-refractivity contribution in [3.8, 4) is 0 Å². The van der Waals surface area contributed by atoms with Gasteiger partial charge in [0.05, 0.1) is 6.10 Å². The second-order valence-electron chi connectivity index (χ2n) is 6.78. The summed E-state index contributed by atoms with van der Waals surface area (Å²) >= 11 is 0. The molecule has 2 N–H and O–H groups in total. The average Bonchev–Trinajstić information content (AvgIpc) is 2.31. The van der Waals surface area contributed by atoms with E-state index in [0.29, 0.717) is 24.7 Å². The zero-order chi connectivity index (χ0) is 15.9. The molecular weight excluding hydrogens is 268 g/mol. The molecule has 0 aromatic rings. The van der Waals surface area contributed by atoms with Crippen LogP contribution in [0, 0.1) is 0 Å². The van der Waals surface area contributed by atoms with E-state index in [2.05, 4.69) is 17.6 Å². The van der Waals surface area contributed by atoms with Crippen LogP contribution in [0.4, 0.5) is 4.79 Å². The van der Waals surface area contributed by atoms with Crippen molar-refractivity contribution in [2.45, 2.75) is 84.1 Å². The molecule has 1 saturated carbocycles. The molecule has 1 fully saturated rings. The average molecular weight is 300 g/mol. The molecule has 1 amide bonds. The number of hydrogen-bond acceptors (Lipinski definition) is 4. The molecule has 0 radical (unpaired) electrons. The van der Waals surface area contributed by atoms with Crippen LogP contribution in [-0.2, 0) is 9.47 Å². The number of carbonyl (C=O) groups excluding carboxylic acids is 1. The number of alkyl carbamates (subject to hydrolysis) is 1. The van der Waals surface area contributed by atoms with Crippen molar-refractivity contribution in [1.82, 2.24) is 10.6 Å². The van der Waals surface area contributed by atoms with Crippen LogP contribution in [0.5, 0.6) is 0 Å². The predicted molar refractivity (Wildman–Crippen MR) is 84.5 cm³/mol. The van der Waals surface area contributed by atoms with Gasteiger partial charge in [-0.1, -0.05) is 13.3 Å². The monoisotopic (exact) mass is 300 g/mol. The fraction of sp³-hybridized carbons (Fsp3) is 0.938. The largest absolute Gasteiger partial charge is 0.444 e. The maximum absolute atomic E-state index is 11.7. The van der Waals surface area contributed by atoms with Crippen molar-refractivity contribution >= 4 is 6.09 Å². The van der Waals surface area contributed by atoms with Crippen molar-refractivity contribution < 1.29 is 14.3 Å². The van der Waals surface area contributed by atoms with Gasteiger partial charge in [0.25, 0.3) is 0 Å². The highest BCUT2D eigenvalue weighted by Gasteiger charge is 2.31. The first-order valence-electron chi connectivity index (χ1n) is 8.18. The molecule has 0 bridgehead atoms. The Morgan fingerprint density at radius 2 is 1.95 bits per heavy atom. The minimum atomic E-state index is -0.448. The van der Waals surface area contributed by atoms with Gasteiger partial charge < -0.3 is 20.1 Å². The van der Waals surface area contributed by atoms with Crippen molar-refractivity contribution in [1.29, 1.82) is 0 Å². The Hall–Kier alpha value is -0.810. The molecular formula is C16H32N2O3. The number of hydrogen-bond donors (Lipinski definition) is 2. The van der Waals surface area contributed by atoms with Gasteiger partial charge in [0.2, 0.25) is 0 Å². The molecule has 5 heteroatoms. The smallest absolute Gasteiger partial charge is 0.407 e. The second kappa shape index (κ2) is 8.59. The first-order valence-corrected chi connectivity index (χ1v) is 8.18. The normalized spacial score (nSPS) is 23.3. The maximum Gasteiger partial charge on any atom is 0.407 e. The zero-order valence-electron chi connectivity index (χ0n) is 14.2.